The Bertz CT molecular complexity index is 3310. The van der Waals surface area contributed by atoms with Gasteiger partial charge in [0.1, 0.15) is 0 Å². The zero-order valence-corrected chi connectivity index (χ0v) is 81.8. The molecule has 117 heavy (non-hydrogen) atoms. The Kier molecular flexibility index (Phi) is 37.7. The fourth-order valence-corrected chi connectivity index (χ4v) is 24.0. The maximum absolute atomic E-state index is 7.36. The van der Waals surface area contributed by atoms with Crippen LogP contribution in [0.4, 0.5) is 0 Å². The van der Waals surface area contributed by atoms with Crippen LogP contribution in [0.15, 0.2) is 194 Å². The van der Waals surface area contributed by atoms with E-state index in [1.54, 1.807) is 0 Å². The maximum atomic E-state index is 7.36. The molecule has 8 rings (SSSR count). The second-order valence-corrected chi connectivity index (χ2v) is 53.4. The summed E-state index contributed by atoms with van der Waals surface area (Å²) in [6.07, 6.45) is 22.3. The molecule has 0 aromatic heterocycles. The van der Waals surface area contributed by atoms with Crippen molar-refractivity contribution < 1.29 is 18.9 Å². The van der Waals surface area contributed by atoms with Crippen LogP contribution < -0.4 is 0 Å². The van der Waals surface area contributed by atoms with Gasteiger partial charge in [0, 0.05) is 0 Å². The van der Waals surface area contributed by atoms with Gasteiger partial charge in [-0.1, -0.05) is 360 Å². The molecule has 4 nitrogen and oxygen atoms in total. The quantitative estimate of drug-likeness (QED) is 0.0282. The summed E-state index contributed by atoms with van der Waals surface area (Å²) in [6, 6.07) is 76.2. The largest absolute Gasteiger partial charge is 0.380 e. The van der Waals surface area contributed by atoms with Gasteiger partial charge in [-0.2, -0.15) is 0 Å². The number of hydrogen-bond acceptors (Lipinski definition) is 4. The van der Waals surface area contributed by atoms with Crippen LogP contribution in [-0.4, -0.2) is 127 Å². The average molecular weight is 1660 g/mol. The molecular formula is C109H160O4P4. The Morgan fingerprint density at radius 2 is 0.274 bits per heavy atom. The van der Waals surface area contributed by atoms with Crippen molar-refractivity contribution >= 4 is 31.7 Å². The van der Waals surface area contributed by atoms with Gasteiger partial charge in [-0.3, -0.25) is 0 Å². The van der Waals surface area contributed by atoms with E-state index in [0.717, 1.165) is 76.0 Å². The van der Waals surface area contributed by atoms with E-state index in [2.05, 4.69) is 360 Å². The van der Waals surface area contributed by atoms with E-state index in [0.29, 0.717) is 52.9 Å². The summed E-state index contributed by atoms with van der Waals surface area (Å²) in [4.78, 5) is 0. The van der Waals surface area contributed by atoms with Crippen LogP contribution in [-0.2, 0) is 114 Å². The van der Waals surface area contributed by atoms with Crippen LogP contribution in [0.1, 0.15) is 255 Å². The zero-order chi connectivity index (χ0) is 85.3. The predicted molar refractivity (Wildman–Crippen MR) is 523 cm³/mol. The lowest BCUT2D eigenvalue weighted by atomic mass is 9.86. The molecule has 0 saturated carbocycles. The van der Waals surface area contributed by atoms with Crippen LogP contribution in [0.5, 0.6) is 0 Å². The first-order chi connectivity index (χ1) is 55.0. The molecule has 0 aliphatic rings. The van der Waals surface area contributed by atoms with Crippen molar-refractivity contribution in [3.63, 3.8) is 0 Å². The summed E-state index contributed by atoms with van der Waals surface area (Å²) in [5, 5.41) is 0. The SMILES string of the molecule is CC(C)(C)c1ccc(CCP(CCOCC(COCCP(CCc2ccc(C(C)(C)C)cc2)CCc2ccc(C(C)(C)C)cc2)(COCCP(CCc2ccc(C(C)(C)C)cc2)CCc2ccc(C(C)(C)C)cc2)COCCP(CCc2ccc(C(C)(C)C)cc2)CCc2ccc(C(C)(C)C)cc2)CCc2ccc(C(C)(C)C)cc2)cc1. The van der Waals surface area contributed by atoms with Gasteiger partial charge < -0.3 is 18.9 Å². The van der Waals surface area contributed by atoms with E-state index < -0.39 is 5.41 Å². The third kappa shape index (κ3) is 34.9. The Labute approximate surface area is 722 Å². The molecule has 640 valence electrons. The fourth-order valence-electron chi connectivity index (χ4n) is 15.2. The molecule has 0 N–H and O–H groups in total. The van der Waals surface area contributed by atoms with Crippen molar-refractivity contribution in [2.75, 3.05) is 127 Å². The lowest BCUT2D eigenvalue weighted by Crippen LogP contribution is -2.42. The minimum absolute atomic E-state index is 0.121. The summed E-state index contributed by atoms with van der Waals surface area (Å²) >= 11 is 0. The summed E-state index contributed by atoms with van der Waals surface area (Å²) in [6.45, 7) is 60.6. The molecule has 0 fully saturated rings. The van der Waals surface area contributed by atoms with Crippen molar-refractivity contribution in [1.82, 2.24) is 0 Å². The first-order valence-corrected chi connectivity index (χ1v) is 52.5. The molecule has 0 aliphatic carbocycles. The third-order valence-corrected chi connectivity index (χ3v) is 34.2. The van der Waals surface area contributed by atoms with Crippen LogP contribution in [0.25, 0.3) is 0 Å². The molecule has 0 bridgehead atoms. The van der Waals surface area contributed by atoms with Crippen LogP contribution in [0.3, 0.4) is 0 Å². The first kappa shape index (κ1) is 97.8. The van der Waals surface area contributed by atoms with Gasteiger partial charge in [0.2, 0.25) is 0 Å². The van der Waals surface area contributed by atoms with Crippen molar-refractivity contribution in [1.29, 1.82) is 0 Å². The van der Waals surface area contributed by atoms with Crippen molar-refractivity contribution in [2.45, 2.75) is 261 Å². The highest BCUT2D eigenvalue weighted by Gasteiger charge is 2.34. The minimum atomic E-state index is -0.530. The monoisotopic (exact) mass is 1660 g/mol. The van der Waals surface area contributed by atoms with Crippen molar-refractivity contribution in [3.8, 4) is 0 Å². The second-order valence-electron chi connectivity index (χ2n) is 42.7. The minimum Gasteiger partial charge on any atom is -0.380 e. The highest BCUT2D eigenvalue weighted by Crippen LogP contribution is 2.43. The second kappa shape index (κ2) is 45.1. The number of aryl methyl sites for hydroxylation is 8. The third-order valence-electron chi connectivity index (χ3n) is 24.1. The van der Waals surface area contributed by atoms with Crippen LogP contribution in [0, 0.1) is 5.41 Å². The van der Waals surface area contributed by atoms with Crippen molar-refractivity contribution in [2.24, 2.45) is 5.41 Å². The lowest BCUT2D eigenvalue weighted by Gasteiger charge is -2.34. The summed E-state index contributed by atoms with van der Waals surface area (Å²) < 4.78 is 29.5. The summed E-state index contributed by atoms with van der Waals surface area (Å²) in [5.41, 5.74) is 23.1. The number of benzene rings is 8. The van der Waals surface area contributed by atoms with Gasteiger partial charge in [0.15, 0.2) is 0 Å². The van der Waals surface area contributed by atoms with Gasteiger partial charge in [-0.25, -0.2) is 0 Å². The molecule has 0 radical (unpaired) electrons. The van der Waals surface area contributed by atoms with E-state index in [1.807, 2.05) is 0 Å². The molecule has 0 spiro atoms. The molecule has 0 aliphatic heterocycles. The Morgan fingerprint density at radius 1 is 0.162 bits per heavy atom. The molecule has 8 heteroatoms. The van der Waals surface area contributed by atoms with Crippen LogP contribution in [0.2, 0.25) is 0 Å². The molecule has 0 heterocycles. The van der Waals surface area contributed by atoms with E-state index in [9.17, 15) is 0 Å². The molecule has 8 aromatic carbocycles. The Morgan fingerprint density at radius 3 is 0.376 bits per heavy atom. The predicted octanol–water partition coefficient (Wildman–Crippen LogP) is 28.3. The van der Waals surface area contributed by atoms with Gasteiger partial charge in [0.25, 0.3) is 0 Å². The maximum Gasteiger partial charge on any atom is 0.0637 e. The summed E-state index contributed by atoms with van der Waals surface area (Å²) in [5.74, 6) is 0. The topological polar surface area (TPSA) is 36.9 Å². The molecule has 8 aromatic rings. The number of hydrogen-bond donors (Lipinski definition) is 0. The van der Waals surface area contributed by atoms with Gasteiger partial charge >= 0.3 is 0 Å². The Balaban J connectivity index is 1.10. The number of rotatable bonds is 44. The van der Waals surface area contributed by atoms with Gasteiger partial charge in [0.05, 0.1) is 58.3 Å². The Hall–Kier alpha value is -4.68. The smallest absolute Gasteiger partial charge is 0.0637 e. The average Bonchev–Trinajstić information content (AvgIpc) is 0.898. The fraction of sp³-hybridized carbons (Fsp3) is 0.560. The van der Waals surface area contributed by atoms with Gasteiger partial charge in [-0.15, -0.1) is 31.7 Å². The van der Waals surface area contributed by atoms with E-state index >= 15 is 0 Å². The molecule has 0 atom stereocenters. The molecule has 0 amide bonds. The molecule has 0 unspecified atom stereocenters. The number of ether oxygens (including phenoxy) is 4. The molecular weight excluding hydrogens is 1500 g/mol. The highest BCUT2D eigenvalue weighted by atomic mass is 31.1. The summed E-state index contributed by atoms with van der Waals surface area (Å²) in [7, 11) is -1.43. The van der Waals surface area contributed by atoms with E-state index in [4.69, 9.17) is 18.9 Å². The zero-order valence-electron chi connectivity index (χ0n) is 78.2. The van der Waals surface area contributed by atoms with E-state index in [1.165, 1.54) is 138 Å². The molecule has 0 saturated heterocycles. The first-order valence-electron chi connectivity index (χ1n) is 44.9. The van der Waals surface area contributed by atoms with E-state index in [-0.39, 0.29) is 75.0 Å². The highest BCUT2D eigenvalue weighted by molar-refractivity contribution is 7.58. The van der Waals surface area contributed by atoms with Crippen molar-refractivity contribution in [3.05, 3.63) is 283 Å². The standard InChI is InChI=1S/C109H160O4P4/c1-101(2,3)93-41-25-85(26-42-93)57-69-114(70-58-86-27-43-94(44-28-86)102(4,5)6)77-65-110-81-109(82-111-66-78-115(71-59-87-29-45-95(46-30-87)103(7,8)9)72-60-88-31-47-96(48-32-88)104(10,11)12,83-112-67-79-116(73-61-89-33-49-97(50-34-89)105(13,14)15)74-62-90-35-51-98(52-36-90)106(16,17)18)84-113-68-80-117(75-63-91-37-53-99(54-38-91)107(19,20)21)76-64-92-39-55-100(56-40-92)108(22,23)24/h25-56H,57-84H2,1-24H3. The van der Waals surface area contributed by atoms with Gasteiger partial charge in [-0.05, 0) is 258 Å². The normalized spacial score (nSPS) is 13.2. The lowest BCUT2D eigenvalue weighted by molar-refractivity contribution is -0.100. The van der Waals surface area contributed by atoms with Crippen LogP contribution >= 0.6 is 31.7 Å².